The molecule has 0 unspecified atom stereocenters. The number of halogens is 1. The Labute approximate surface area is 151 Å². The van der Waals surface area contributed by atoms with Gasteiger partial charge in [-0.05, 0) is 36.3 Å². The maximum atomic E-state index is 13.4. The molecule has 0 saturated heterocycles. The molecule has 0 aliphatic rings. The number of fused-ring (bicyclic) bond motifs is 1. The second kappa shape index (κ2) is 6.96. The van der Waals surface area contributed by atoms with Crippen LogP contribution in [0.4, 0.5) is 10.2 Å². The van der Waals surface area contributed by atoms with E-state index in [1.54, 1.807) is 19.1 Å². The number of allylic oxidation sites excluding steroid dienone is 1. The molecule has 1 aromatic heterocycles. The third kappa shape index (κ3) is 3.28. The van der Waals surface area contributed by atoms with E-state index in [2.05, 4.69) is 0 Å². The monoisotopic (exact) mass is 350 g/mol. The van der Waals surface area contributed by atoms with E-state index < -0.39 is 5.97 Å². The van der Waals surface area contributed by atoms with E-state index >= 15 is 0 Å². The molecular weight excluding hydrogens is 331 g/mol. The van der Waals surface area contributed by atoms with E-state index in [1.165, 1.54) is 18.2 Å². The lowest BCUT2D eigenvalue weighted by Crippen LogP contribution is -2.14. The first kappa shape index (κ1) is 17.6. The van der Waals surface area contributed by atoms with Crippen LogP contribution in [-0.2, 0) is 4.79 Å². The Morgan fingerprint density at radius 2 is 1.77 bits per heavy atom. The third-order valence-electron chi connectivity index (χ3n) is 4.16. The molecule has 0 bridgehead atoms. The predicted molar refractivity (Wildman–Crippen MR) is 103 cm³/mol. The van der Waals surface area contributed by atoms with Crippen molar-refractivity contribution >= 4 is 28.3 Å². The lowest BCUT2D eigenvalue weighted by Gasteiger charge is -2.22. The van der Waals surface area contributed by atoms with Crippen LogP contribution < -0.4 is 4.90 Å². The first-order valence-electron chi connectivity index (χ1n) is 8.16. The van der Waals surface area contributed by atoms with Crippen LogP contribution in [0.15, 0.2) is 54.6 Å². The number of hydrogen-bond acceptors (Lipinski definition) is 3. The number of aliphatic carboxylic acids is 1. The van der Waals surface area contributed by atoms with Gasteiger partial charge in [0.2, 0.25) is 0 Å². The van der Waals surface area contributed by atoms with Gasteiger partial charge >= 0.3 is 5.97 Å². The Kier molecular flexibility index (Phi) is 4.71. The quantitative estimate of drug-likeness (QED) is 0.699. The molecule has 0 amide bonds. The summed E-state index contributed by atoms with van der Waals surface area (Å²) in [5.74, 6) is -0.678. The lowest BCUT2D eigenvalue weighted by atomic mass is 9.91. The Morgan fingerprint density at radius 1 is 1.12 bits per heavy atom. The third-order valence-corrected chi connectivity index (χ3v) is 4.16. The van der Waals surface area contributed by atoms with E-state index in [4.69, 9.17) is 4.98 Å². The van der Waals surface area contributed by atoms with Gasteiger partial charge in [0.25, 0.3) is 0 Å². The van der Waals surface area contributed by atoms with Gasteiger partial charge in [0.05, 0.1) is 5.52 Å². The average molecular weight is 350 g/mol. The van der Waals surface area contributed by atoms with Gasteiger partial charge in [-0.15, -0.1) is 0 Å². The Bertz CT molecular complexity index is 1010. The summed E-state index contributed by atoms with van der Waals surface area (Å²) in [4.78, 5) is 17.8. The number of nitrogens with zero attached hydrogens (tertiary/aromatic N) is 2. The molecule has 0 fully saturated rings. The second-order valence-electron chi connectivity index (χ2n) is 6.27. The molecule has 3 aromatic rings. The van der Waals surface area contributed by atoms with Crippen molar-refractivity contribution in [3.8, 4) is 11.1 Å². The molecule has 26 heavy (non-hydrogen) atoms. The number of carbonyl (C=O) groups is 1. The predicted octanol–water partition coefficient (Wildman–Crippen LogP) is 4.59. The minimum absolute atomic E-state index is 0.320. The summed E-state index contributed by atoms with van der Waals surface area (Å²) in [5.41, 5.74) is 3.75. The molecular formula is C21H19FN2O2. The van der Waals surface area contributed by atoms with Crippen molar-refractivity contribution < 1.29 is 14.3 Å². The summed E-state index contributed by atoms with van der Waals surface area (Å²) in [6, 6.07) is 13.9. The van der Waals surface area contributed by atoms with Crippen LogP contribution in [0.3, 0.4) is 0 Å². The molecule has 0 radical (unpaired) electrons. The van der Waals surface area contributed by atoms with Crippen molar-refractivity contribution in [1.82, 2.24) is 4.98 Å². The van der Waals surface area contributed by atoms with Crippen molar-refractivity contribution in [2.75, 3.05) is 19.0 Å². The lowest BCUT2D eigenvalue weighted by molar-refractivity contribution is -0.131. The number of rotatable bonds is 4. The zero-order valence-electron chi connectivity index (χ0n) is 14.8. The van der Waals surface area contributed by atoms with E-state index in [0.29, 0.717) is 11.4 Å². The van der Waals surface area contributed by atoms with Gasteiger partial charge in [-0.3, -0.25) is 0 Å². The molecule has 3 rings (SSSR count). The minimum Gasteiger partial charge on any atom is -0.478 e. The molecule has 4 nitrogen and oxygen atoms in total. The van der Waals surface area contributed by atoms with E-state index in [9.17, 15) is 14.3 Å². The van der Waals surface area contributed by atoms with E-state index in [-0.39, 0.29) is 5.82 Å². The van der Waals surface area contributed by atoms with Crippen molar-refractivity contribution in [3.63, 3.8) is 0 Å². The number of pyridine rings is 1. The Balaban J connectivity index is 2.48. The fourth-order valence-electron chi connectivity index (χ4n) is 3.07. The molecule has 2 aromatic carbocycles. The first-order chi connectivity index (χ1) is 12.4. The standard InChI is InChI=1S/C21H19FN2O2/c1-13(12-18(25)26)19-20(14-8-10-15(22)11-9-14)16-6-4-5-7-17(16)23-21(19)24(2)3/h4-12H,1-3H3,(H,25,26). The second-order valence-corrected chi connectivity index (χ2v) is 6.27. The van der Waals surface area contributed by atoms with Crippen LogP contribution in [-0.4, -0.2) is 30.2 Å². The highest BCUT2D eigenvalue weighted by molar-refractivity contribution is 6.05. The van der Waals surface area contributed by atoms with Crippen molar-refractivity contribution in [2.45, 2.75) is 6.92 Å². The molecule has 0 aliphatic carbocycles. The molecule has 0 atom stereocenters. The Morgan fingerprint density at radius 3 is 2.38 bits per heavy atom. The zero-order chi connectivity index (χ0) is 18.8. The summed E-state index contributed by atoms with van der Waals surface area (Å²) in [6.45, 7) is 1.75. The SMILES string of the molecule is CC(=CC(=O)O)c1c(N(C)C)nc2ccccc2c1-c1ccc(F)cc1. The van der Waals surface area contributed by atoms with E-state index in [1.807, 2.05) is 43.3 Å². The van der Waals surface area contributed by atoms with Gasteiger partial charge in [0.1, 0.15) is 11.6 Å². The number of benzene rings is 2. The summed E-state index contributed by atoms with van der Waals surface area (Å²) in [5, 5.41) is 10.1. The highest BCUT2D eigenvalue weighted by atomic mass is 19.1. The number of carboxylic acids is 1. The number of hydrogen-bond donors (Lipinski definition) is 1. The largest absolute Gasteiger partial charge is 0.478 e. The fourth-order valence-corrected chi connectivity index (χ4v) is 3.07. The van der Waals surface area contributed by atoms with Crippen LogP contribution >= 0.6 is 0 Å². The van der Waals surface area contributed by atoms with Crippen LogP contribution in [0.25, 0.3) is 27.6 Å². The normalized spacial score (nSPS) is 11.6. The van der Waals surface area contributed by atoms with Gasteiger partial charge < -0.3 is 10.0 Å². The summed E-state index contributed by atoms with van der Waals surface area (Å²) in [6.07, 6.45) is 1.17. The molecule has 1 heterocycles. The molecule has 132 valence electrons. The van der Waals surface area contributed by atoms with Gasteiger partial charge in [-0.25, -0.2) is 14.2 Å². The summed E-state index contributed by atoms with van der Waals surface area (Å²) in [7, 11) is 3.73. The van der Waals surface area contributed by atoms with Crippen LogP contribution in [0.2, 0.25) is 0 Å². The Hall–Kier alpha value is -3.21. The molecule has 5 heteroatoms. The summed E-state index contributed by atoms with van der Waals surface area (Å²) >= 11 is 0. The first-order valence-corrected chi connectivity index (χ1v) is 8.16. The summed E-state index contributed by atoms with van der Waals surface area (Å²) < 4.78 is 13.4. The van der Waals surface area contributed by atoms with Crippen LogP contribution in [0.5, 0.6) is 0 Å². The number of anilines is 1. The number of para-hydroxylation sites is 1. The van der Waals surface area contributed by atoms with E-state index in [0.717, 1.165) is 27.6 Å². The van der Waals surface area contributed by atoms with Crippen LogP contribution in [0, 0.1) is 5.82 Å². The van der Waals surface area contributed by atoms with Crippen molar-refractivity contribution in [1.29, 1.82) is 0 Å². The highest BCUT2D eigenvalue weighted by Crippen LogP contribution is 2.39. The fraction of sp³-hybridized carbons (Fsp3) is 0.143. The van der Waals surface area contributed by atoms with Gasteiger partial charge in [-0.2, -0.15) is 0 Å². The highest BCUT2D eigenvalue weighted by Gasteiger charge is 2.19. The van der Waals surface area contributed by atoms with Crippen molar-refractivity contribution in [2.24, 2.45) is 0 Å². The van der Waals surface area contributed by atoms with Gasteiger partial charge in [0, 0.05) is 36.7 Å². The number of aromatic nitrogens is 1. The molecule has 1 N–H and O–H groups in total. The number of carboxylic acid groups (broad SMARTS) is 1. The maximum Gasteiger partial charge on any atom is 0.328 e. The molecule has 0 aliphatic heterocycles. The zero-order valence-corrected chi connectivity index (χ0v) is 14.8. The smallest absolute Gasteiger partial charge is 0.328 e. The maximum absolute atomic E-state index is 13.4. The minimum atomic E-state index is -1.02. The molecule has 0 spiro atoms. The topological polar surface area (TPSA) is 53.4 Å². The van der Waals surface area contributed by atoms with Gasteiger partial charge in [-0.1, -0.05) is 30.3 Å². The van der Waals surface area contributed by atoms with Crippen molar-refractivity contribution in [3.05, 3.63) is 66.0 Å². The van der Waals surface area contributed by atoms with Gasteiger partial charge in [0.15, 0.2) is 0 Å². The van der Waals surface area contributed by atoms with Crippen LogP contribution in [0.1, 0.15) is 12.5 Å². The molecule has 0 saturated carbocycles. The average Bonchev–Trinajstić information content (AvgIpc) is 2.60.